The monoisotopic (exact) mass is 447 g/mol. The average Bonchev–Trinajstić information content (AvgIpc) is 3.11. The van der Waals surface area contributed by atoms with Gasteiger partial charge in [-0.15, -0.1) is 0 Å². The van der Waals surface area contributed by atoms with E-state index in [2.05, 4.69) is 13.8 Å². The van der Waals surface area contributed by atoms with E-state index >= 15 is 0 Å². The van der Waals surface area contributed by atoms with E-state index < -0.39 is 0 Å². The Balaban J connectivity index is 1.78. The third-order valence-electron chi connectivity index (χ3n) is 6.60. The molecule has 0 spiro atoms. The van der Waals surface area contributed by atoms with Crippen LogP contribution in [0.25, 0.3) is 5.69 Å². The maximum absolute atomic E-state index is 13.3. The molecule has 1 unspecified atom stereocenters. The van der Waals surface area contributed by atoms with Gasteiger partial charge in [-0.05, 0) is 57.4 Å². The smallest absolute Gasteiger partial charge is 0.228 e. The predicted octanol–water partition coefficient (Wildman–Crippen LogP) is 5.91. The van der Waals surface area contributed by atoms with Crippen LogP contribution in [0.5, 0.6) is 17.4 Å². The molecule has 1 aromatic heterocycles. The number of carbonyl (C=O) groups is 1. The van der Waals surface area contributed by atoms with Crippen LogP contribution in [0.3, 0.4) is 0 Å². The van der Waals surface area contributed by atoms with Crippen LogP contribution in [0.2, 0.25) is 0 Å². The van der Waals surface area contributed by atoms with Crippen molar-refractivity contribution in [3.63, 3.8) is 0 Å². The first kappa shape index (κ1) is 22.9. The highest BCUT2D eigenvalue weighted by Gasteiger charge is 2.33. The number of hydrogen-bond donors (Lipinski definition) is 0. The van der Waals surface area contributed by atoms with Crippen molar-refractivity contribution in [2.45, 2.75) is 59.0 Å². The fraction of sp³-hybridized carbons (Fsp3) is 0.407. The van der Waals surface area contributed by atoms with Crippen molar-refractivity contribution in [2.24, 2.45) is 5.92 Å². The molecule has 1 saturated carbocycles. The van der Waals surface area contributed by atoms with Gasteiger partial charge in [0.05, 0.1) is 30.6 Å². The normalized spacial score (nSPS) is 14.4. The van der Waals surface area contributed by atoms with Crippen LogP contribution in [-0.2, 0) is 11.3 Å². The number of hydrogen-bond acceptors (Lipinski definition) is 4. The molecule has 1 aliphatic rings. The summed E-state index contributed by atoms with van der Waals surface area (Å²) in [6, 6.07) is 17.6. The number of aryl methyl sites for hydroxylation is 1. The number of para-hydroxylation sites is 3. The summed E-state index contributed by atoms with van der Waals surface area (Å²) in [7, 11) is 1.63. The number of aromatic nitrogens is 2. The lowest BCUT2D eigenvalue weighted by Crippen LogP contribution is -2.43. The minimum absolute atomic E-state index is 0.136. The third kappa shape index (κ3) is 4.75. The van der Waals surface area contributed by atoms with Gasteiger partial charge in [-0.25, -0.2) is 4.68 Å². The quantitative estimate of drug-likeness (QED) is 0.409. The second-order valence-electron chi connectivity index (χ2n) is 8.72. The molecule has 0 N–H and O–H groups in total. The number of benzene rings is 2. The zero-order chi connectivity index (χ0) is 23.4. The molecule has 0 saturated heterocycles. The fourth-order valence-corrected chi connectivity index (χ4v) is 4.11. The topological polar surface area (TPSA) is 56.6 Å². The summed E-state index contributed by atoms with van der Waals surface area (Å²) < 4.78 is 13.8. The number of carbonyl (C=O) groups excluding carboxylic acids is 1. The molecule has 1 aliphatic carbocycles. The maximum atomic E-state index is 13.3. The minimum atomic E-state index is 0.136. The molecule has 1 heterocycles. The first-order chi connectivity index (χ1) is 16.0. The Hall–Kier alpha value is -3.28. The third-order valence-corrected chi connectivity index (χ3v) is 6.60. The van der Waals surface area contributed by atoms with Gasteiger partial charge in [0.25, 0.3) is 0 Å². The van der Waals surface area contributed by atoms with Gasteiger partial charge in [0.2, 0.25) is 11.8 Å². The van der Waals surface area contributed by atoms with Crippen molar-refractivity contribution in [3.05, 3.63) is 65.9 Å². The summed E-state index contributed by atoms with van der Waals surface area (Å²) in [5, 5.41) is 4.82. The summed E-state index contributed by atoms with van der Waals surface area (Å²) in [5.41, 5.74) is 2.66. The first-order valence-corrected chi connectivity index (χ1v) is 11.8. The van der Waals surface area contributed by atoms with Crippen LogP contribution in [0.1, 0.15) is 50.8 Å². The molecular weight excluding hydrogens is 414 g/mol. The van der Waals surface area contributed by atoms with E-state index in [1.807, 2.05) is 71.1 Å². The molecule has 1 fully saturated rings. The van der Waals surface area contributed by atoms with Crippen molar-refractivity contribution < 1.29 is 14.3 Å². The van der Waals surface area contributed by atoms with Gasteiger partial charge < -0.3 is 14.4 Å². The lowest BCUT2D eigenvalue weighted by Gasteiger charge is -2.35. The molecule has 0 radical (unpaired) electrons. The number of amides is 1. The van der Waals surface area contributed by atoms with E-state index in [4.69, 9.17) is 14.6 Å². The average molecular weight is 448 g/mol. The molecule has 2 aromatic carbocycles. The van der Waals surface area contributed by atoms with Gasteiger partial charge in [0.15, 0.2) is 11.5 Å². The fourth-order valence-electron chi connectivity index (χ4n) is 4.11. The van der Waals surface area contributed by atoms with E-state index in [0.717, 1.165) is 42.6 Å². The van der Waals surface area contributed by atoms with Gasteiger partial charge in [0.1, 0.15) is 0 Å². The van der Waals surface area contributed by atoms with Crippen LogP contribution in [0.15, 0.2) is 54.6 Å². The molecule has 4 rings (SSSR count). The van der Waals surface area contributed by atoms with Crippen molar-refractivity contribution in [3.8, 4) is 23.1 Å². The Bertz CT molecular complexity index is 1090. The lowest BCUT2D eigenvalue weighted by molar-refractivity contribution is -0.141. The Kier molecular flexibility index (Phi) is 7.02. The molecule has 33 heavy (non-hydrogen) atoms. The number of ether oxygens (including phenoxy) is 2. The molecular formula is C27H33N3O3. The number of nitrogens with zero attached hydrogens (tertiary/aromatic N) is 3. The van der Waals surface area contributed by atoms with Crippen molar-refractivity contribution in [2.75, 3.05) is 7.11 Å². The summed E-state index contributed by atoms with van der Waals surface area (Å²) in [6.45, 7) is 6.69. The molecule has 3 aromatic rings. The Morgan fingerprint density at radius 2 is 1.79 bits per heavy atom. The highest BCUT2D eigenvalue weighted by Crippen LogP contribution is 2.37. The molecule has 1 atom stereocenters. The van der Waals surface area contributed by atoms with Crippen molar-refractivity contribution in [1.82, 2.24) is 14.7 Å². The van der Waals surface area contributed by atoms with Gasteiger partial charge in [0, 0.05) is 12.0 Å². The summed E-state index contributed by atoms with van der Waals surface area (Å²) in [4.78, 5) is 15.3. The van der Waals surface area contributed by atoms with Gasteiger partial charge >= 0.3 is 0 Å². The van der Waals surface area contributed by atoms with E-state index in [-0.39, 0.29) is 17.9 Å². The predicted molar refractivity (Wildman–Crippen MR) is 129 cm³/mol. The molecule has 6 nitrogen and oxygen atoms in total. The van der Waals surface area contributed by atoms with Gasteiger partial charge in [-0.2, -0.15) is 5.10 Å². The number of methoxy groups -OCH3 is 1. The second-order valence-corrected chi connectivity index (χ2v) is 8.72. The summed E-state index contributed by atoms with van der Waals surface area (Å²) in [6.07, 6.45) is 4.00. The van der Waals surface area contributed by atoms with Gasteiger partial charge in [-0.3, -0.25) is 4.79 Å². The molecule has 174 valence electrons. The standard InChI is InChI=1S/C27H33N3O3/c1-5-19(2)29(26(31)21-12-11-13-21)18-23-20(3)28-30(22-14-7-6-8-15-22)27(23)33-25-17-10-9-16-24(25)32-4/h6-10,14-17,19,21H,5,11-13,18H2,1-4H3. The zero-order valence-electron chi connectivity index (χ0n) is 20.0. The Labute approximate surface area is 196 Å². The molecule has 0 bridgehead atoms. The Morgan fingerprint density at radius 3 is 2.39 bits per heavy atom. The van der Waals surface area contributed by atoms with Crippen molar-refractivity contribution >= 4 is 5.91 Å². The summed E-state index contributed by atoms with van der Waals surface area (Å²) in [5.74, 6) is 2.25. The van der Waals surface area contributed by atoms with Crippen LogP contribution < -0.4 is 9.47 Å². The lowest BCUT2D eigenvalue weighted by atomic mass is 9.84. The minimum Gasteiger partial charge on any atom is -0.493 e. The second kappa shape index (κ2) is 10.1. The van der Waals surface area contributed by atoms with E-state index in [1.54, 1.807) is 7.11 Å². The zero-order valence-corrected chi connectivity index (χ0v) is 20.0. The van der Waals surface area contributed by atoms with Crippen LogP contribution >= 0.6 is 0 Å². The molecule has 6 heteroatoms. The van der Waals surface area contributed by atoms with E-state index in [1.165, 1.54) is 0 Å². The maximum Gasteiger partial charge on any atom is 0.228 e. The highest BCUT2D eigenvalue weighted by atomic mass is 16.5. The number of rotatable bonds is 9. The van der Waals surface area contributed by atoms with Gasteiger partial charge in [-0.1, -0.05) is 43.7 Å². The SMILES string of the molecule is CCC(C)N(Cc1c(C)nn(-c2ccccc2)c1Oc1ccccc1OC)C(=O)C1CCC1. The van der Waals surface area contributed by atoms with Crippen molar-refractivity contribution in [1.29, 1.82) is 0 Å². The van der Waals surface area contributed by atoms with E-state index in [0.29, 0.717) is 23.9 Å². The largest absolute Gasteiger partial charge is 0.493 e. The van der Waals surface area contributed by atoms with Crippen LogP contribution in [-0.4, -0.2) is 33.7 Å². The summed E-state index contributed by atoms with van der Waals surface area (Å²) >= 11 is 0. The van der Waals surface area contributed by atoms with Crippen LogP contribution in [0, 0.1) is 12.8 Å². The van der Waals surface area contributed by atoms with Crippen LogP contribution in [0.4, 0.5) is 0 Å². The highest BCUT2D eigenvalue weighted by molar-refractivity contribution is 5.80. The molecule has 0 aliphatic heterocycles. The molecule has 1 amide bonds. The first-order valence-electron chi connectivity index (χ1n) is 11.8. The van der Waals surface area contributed by atoms with E-state index in [9.17, 15) is 4.79 Å². The Morgan fingerprint density at radius 1 is 1.12 bits per heavy atom.